The van der Waals surface area contributed by atoms with Gasteiger partial charge in [0.25, 0.3) is 11.4 Å². The SMILES string of the molecule is CC(=O)[O-].Nc1ccccc1.O=[N+]([O-])c1cc(Br)ccc1Br.O=[N+]([O-])c1cc(Br)ccc1Cc1ccccc1.[Na+]. The van der Waals surface area contributed by atoms with Crippen molar-refractivity contribution in [1.29, 1.82) is 0 Å². The Morgan fingerprint density at radius 1 is 0.750 bits per heavy atom. The number of rotatable bonds is 4. The molecule has 0 aliphatic carbocycles. The number of nitro groups is 2. The number of carboxylic acid groups (broad SMARTS) is 1. The Morgan fingerprint density at radius 2 is 1.18 bits per heavy atom. The van der Waals surface area contributed by atoms with E-state index in [1.807, 2.05) is 66.7 Å². The average molecular weight is 748 g/mol. The van der Waals surface area contributed by atoms with Crippen LogP contribution in [0.3, 0.4) is 0 Å². The Morgan fingerprint density at radius 3 is 1.57 bits per heavy atom. The Bertz CT molecular complexity index is 1380. The molecule has 0 radical (unpaired) electrons. The van der Waals surface area contributed by atoms with Gasteiger partial charge in [0.1, 0.15) is 0 Å². The molecule has 0 bridgehead atoms. The number of carbonyl (C=O) groups is 1. The van der Waals surface area contributed by atoms with Crippen molar-refractivity contribution < 1.29 is 49.3 Å². The number of nitrogen functional groups attached to an aromatic ring is 1. The maximum atomic E-state index is 10.9. The van der Waals surface area contributed by atoms with E-state index in [2.05, 4.69) is 47.8 Å². The summed E-state index contributed by atoms with van der Waals surface area (Å²) in [5.41, 5.74) is 8.20. The minimum Gasteiger partial charge on any atom is -0.550 e. The number of anilines is 1. The molecule has 0 saturated heterocycles. The van der Waals surface area contributed by atoms with Crippen LogP contribution in [0.4, 0.5) is 17.1 Å². The van der Waals surface area contributed by atoms with Crippen molar-refractivity contribution in [1.82, 2.24) is 0 Å². The summed E-state index contributed by atoms with van der Waals surface area (Å²) in [7, 11) is 0. The predicted octanol–water partition coefficient (Wildman–Crippen LogP) is 4.10. The summed E-state index contributed by atoms with van der Waals surface area (Å²) in [4.78, 5) is 29.4. The van der Waals surface area contributed by atoms with Gasteiger partial charge in [-0.25, -0.2) is 0 Å². The smallest absolute Gasteiger partial charge is 0.550 e. The molecule has 40 heavy (non-hydrogen) atoms. The third-order valence-corrected chi connectivity index (χ3v) is 6.04. The van der Waals surface area contributed by atoms with Crippen LogP contribution in [0.5, 0.6) is 0 Å². The third-order valence-electron chi connectivity index (χ3n) is 4.39. The number of carbonyl (C=O) groups excluding carboxylic acids is 1. The van der Waals surface area contributed by atoms with E-state index in [1.54, 1.807) is 18.2 Å². The van der Waals surface area contributed by atoms with Crippen molar-refractivity contribution >= 4 is 70.8 Å². The van der Waals surface area contributed by atoms with Crippen LogP contribution in [0.1, 0.15) is 18.1 Å². The van der Waals surface area contributed by atoms with Crippen molar-refractivity contribution in [3.05, 3.63) is 142 Å². The molecule has 0 aliphatic rings. The van der Waals surface area contributed by atoms with Crippen LogP contribution in [0.25, 0.3) is 0 Å². The largest absolute Gasteiger partial charge is 1.00 e. The average Bonchev–Trinajstić information content (AvgIpc) is 2.88. The van der Waals surface area contributed by atoms with E-state index in [4.69, 9.17) is 15.6 Å². The molecule has 0 aromatic heterocycles. The number of hydrogen-bond acceptors (Lipinski definition) is 7. The quantitative estimate of drug-likeness (QED) is 0.143. The van der Waals surface area contributed by atoms with Crippen molar-refractivity contribution in [2.45, 2.75) is 13.3 Å². The Labute approximate surface area is 278 Å². The first-order valence-corrected chi connectivity index (χ1v) is 13.3. The molecule has 4 rings (SSSR count). The van der Waals surface area contributed by atoms with Crippen LogP contribution in [-0.2, 0) is 11.2 Å². The maximum Gasteiger partial charge on any atom is 1.00 e. The van der Waals surface area contributed by atoms with Gasteiger partial charge in [-0.15, -0.1) is 0 Å². The first-order chi connectivity index (χ1) is 18.4. The third kappa shape index (κ3) is 15.8. The van der Waals surface area contributed by atoms with Gasteiger partial charge in [0, 0.05) is 44.7 Å². The van der Waals surface area contributed by atoms with Crippen LogP contribution < -0.4 is 40.4 Å². The van der Waals surface area contributed by atoms with Crippen LogP contribution >= 0.6 is 47.8 Å². The molecule has 0 spiro atoms. The van der Waals surface area contributed by atoms with E-state index < -0.39 is 10.9 Å². The van der Waals surface area contributed by atoms with Gasteiger partial charge in [-0.2, -0.15) is 0 Å². The van der Waals surface area contributed by atoms with Crippen LogP contribution in [-0.4, -0.2) is 15.8 Å². The summed E-state index contributed by atoms with van der Waals surface area (Å²) in [5.74, 6) is -1.08. The number of para-hydroxylation sites is 1. The van der Waals surface area contributed by atoms with E-state index in [0.29, 0.717) is 15.4 Å². The van der Waals surface area contributed by atoms with Gasteiger partial charge in [0.15, 0.2) is 0 Å². The number of hydrogen-bond donors (Lipinski definition) is 1. The van der Waals surface area contributed by atoms with Crippen LogP contribution in [0, 0.1) is 20.2 Å². The number of nitro benzene ring substituents is 2. The first kappa shape index (κ1) is 37.4. The summed E-state index contributed by atoms with van der Waals surface area (Å²) in [6.07, 6.45) is 0.574. The maximum absolute atomic E-state index is 10.9. The second-order valence-electron chi connectivity index (χ2n) is 7.45. The fraction of sp³-hybridized carbons (Fsp3) is 0.0741. The Hall–Kier alpha value is -2.61. The standard InChI is InChI=1S/C13H10BrNO2.C6H3Br2NO2.C6H7N.C2H4O2.Na/c14-12-7-6-11(13(9-12)15(16)17)8-10-4-2-1-3-5-10;7-4-1-2-5(8)6(3-4)9(10)11;7-6-4-2-1-3-5-6;1-2(3)4;/h1-7,9H,8H2;1-3H;1-5H,7H2;1H3,(H,3,4);/q;;;;+1/p-1. The number of benzene rings is 4. The van der Waals surface area contributed by atoms with Gasteiger partial charge in [-0.1, -0.05) is 86.5 Å². The van der Waals surface area contributed by atoms with Gasteiger partial charge in [0.2, 0.25) is 0 Å². The molecule has 0 atom stereocenters. The topological polar surface area (TPSA) is 152 Å². The number of aliphatic carboxylic acids is 1. The van der Waals surface area contributed by atoms with Crippen molar-refractivity contribution in [2.75, 3.05) is 5.73 Å². The molecular weight excluding hydrogens is 725 g/mol. The number of nitrogens with two attached hydrogens (primary N) is 1. The van der Waals surface area contributed by atoms with Gasteiger partial charge in [0.05, 0.1) is 14.3 Å². The fourth-order valence-electron chi connectivity index (χ4n) is 2.75. The Balaban J connectivity index is 0.000000568. The van der Waals surface area contributed by atoms with Crippen molar-refractivity contribution in [3.63, 3.8) is 0 Å². The molecule has 0 saturated carbocycles. The summed E-state index contributed by atoms with van der Waals surface area (Å²) < 4.78 is 1.92. The molecular formula is C27H23Br3N3NaO6. The number of halogens is 3. The molecule has 0 amide bonds. The van der Waals surface area contributed by atoms with Crippen molar-refractivity contribution in [2.24, 2.45) is 0 Å². The second-order valence-corrected chi connectivity index (χ2v) is 10.1. The number of carboxylic acids is 1. The van der Waals surface area contributed by atoms with Crippen molar-refractivity contribution in [3.8, 4) is 0 Å². The summed E-state index contributed by atoms with van der Waals surface area (Å²) in [5, 5.41) is 30.2. The van der Waals surface area contributed by atoms with E-state index in [1.165, 1.54) is 12.1 Å². The molecule has 204 valence electrons. The fourth-order valence-corrected chi connectivity index (χ4v) is 3.84. The predicted molar refractivity (Wildman–Crippen MR) is 160 cm³/mol. The van der Waals surface area contributed by atoms with Gasteiger partial charge >= 0.3 is 29.6 Å². The molecule has 0 aliphatic heterocycles. The summed E-state index contributed by atoms with van der Waals surface area (Å²) in [6.45, 7) is 0.972. The minimum absolute atomic E-state index is 0. The first-order valence-electron chi connectivity index (χ1n) is 10.9. The van der Waals surface area contributed by atoms with E-state index in [0.717, 1.165) is 28.2 Å². The normalized spacial score (nSPS) is 9.10. The molecule has 0 unspecified atom stereocenters. The zero-order valence-electron chi connectivity index (χ0n) is 21.5. The molecule has 4 aromatic rings. The van der Waals surface area contributed by atoms with E-state index >= 15 is 0 Å². The summed E-state index contributed by atoms with van der Waals surface area (Å²) in [6, 6.07) is 29.2. The summed E-state index contributed by atoms with van der Waals surface area (Å²) >= 11 is 9.45. The van der Waals surface area contributed by atoms with Gasteiger partial charge < -0.3 is 15.6 Å². The zero-order chi connectivity index (χ0) is 29.4. The molecule has 0 heterocycles. The molecule has 0 fully saturated rings. The zero-order valence-corrected chi connectivity index (χ0v) is 28.3. The molecule has 13 heteroatoms. The molecule has 4 aromatic carbocycles. The van der Waals surface area contributed by atoms with E-state index in [9.17, 15) is 20.2 Å². The van der Waals surface area contributed by atoms with Gasteiger partial charge in [-0.05, 0) is 58.7 Å². The monoisotopic (exact) mass is 745 g/mol. The van der Waals surface area contributed by atoms with E-state index in [-0.39, 0.29) is 45.9 Å². The number of nitrogens with zero attached hydrogens (tertiary/aromatic N) is 2. The Kier molecular flexibility index (Phi) is 19.0. The van der Waals surface area contributed by atoms with Crippen LogP contribution in [0.2, 0.25) is 0 Å². The second kappa shape index (κ2) is 20.3. The minimum atomic E-state index is -1.08. The molecule has 9 nitrogen and oxygen atoms in total. The molecule has 2 N–H and O–H groups in total. The van der Waals surface area contributed by atoms with Crippen LogP contribution in [0.15, 0.2) is 110 Å². The van der Waals surface area contributed by atoms with Gasteiger partial charge in [-0.3, -0.25) is 20.2 Å².